The zero-order valence-corrected chi connectivity index (χ0v) is 22.1. The Morgan fingerprint density at radius 2 is 1.78 bits per heavy atom. The molecule has 1 heterocycles. The van der Waals surface area contributed by atoms with Crippen molar-refractivity contribution in [2.75, 3.05) is 19.1 Å². The molecule has 11 heteroatoms. The molecule has 2 N–H and O–H groups in total. The van der Waals surface area contributed by atoms with Crippen LogP contribution in [-0.4, -0.2) is 68.5 Å². The van der Waals surface area contributed by atoms with Crippen LogP contribution in [0.25, 0.3) is 0 Å². The molecule has 6 nitrogen and oxygen atoms in total. The Hall–Kier alpha value is -1.10. The van der Waals surface area contributed by atoms with Gasteiger partial charge in [-0.1, -0.05) is 32.1 Å². The zero-order chi connectivity index (χ0) is 26.3. The van der Waals surface area contributed by atoms with Crippen LogP contribution < -0.4 is 10.0 Å². The van der Waals surface area contributed by atoms with Crippen molar-refractivity contribution >= 4 is 16.1 Å². The number of urea groups is 1. The summed E-state index contributed by atoms with van der Waals surface area (Å²) in [5.41, 5.74) is -2.22. The molecule has 0 radical (unpaired) electrons. The minimum absolute atomic E-state index is 0.0173. The number of alkyl halides is 4. The lowest BCUT2D eigenvalue weighted by Gasteiger charge is -2.42. The van der Waals surface area contributed by atoms with Gasteiger partial charge in [-0.15, -0.1) is 0 Å². The van der Waals surface area contributed by atoms with E-state index in [0.29, 0.717) is 12.8 Å². The molecule has 0 aromatic heterocycles. The summed E-state index contributed by atoms with van der Waals surface area (Å²) in [7, 11) is -4.25. The molecular weight excluding hydrogens is 498 g/mol. The number of likely N-dealkylation sites (tertiary alicyclic amines) is 1. The molecule has 1 aliphatic heterocycles. The molecule has 1 spiro atoms. The summed E-state index contributed by atoms with van der Waals surface area (Å²) >= 11 is 0. The van der Waals surface area contributed by atoms with E-state index in [9.17, 15) is 26.4 Å². The van der Waals surface area contributed by atoms with Gasteiger partial charge >= 0.3 is 6.03 Å². The van der Waals surface area contributed by atoms with E-state index in [0.717, 1.165) is 32.1 Å². The summed E-state index contributed by atoms with van der Waals surface area (Å²) in [5.74, 6) is -0.920. The summed E-state index contributed by atoms with van der Waals surface area (Å²) in [6, 6.07) is -3.72. The molecule has 208 valence electrons. The Morgan fingerprint density at radius 1 is 1.11 bits per heavy atom. The number of nitrogens with one attached hydrogen (secondary N) is 2. The second-order valence-electron chi connectivity index (χ2n) is 12.3. The van der Waals surface area contributed by atoms with Crippen molar-refractivity contribution in [3.05, 3.63) is 0 Å². The van der Waals surface area contributed by atoms with Gasteiger partial charge in [0.05, 0.1) is 12.6 Å². The summed E-state index contributed by atoms with van der Waals surface area (Å²) < 4.78 is 85.1. The maximum absolute atomic E-state index is 16.0. The highest BCUT2D eigenvalue weighted by Crippen LogP contribution is 2.57. The van der Waals surface area contributed by atoms with Gasteiger partial charge in [0, 0.05) is 18.0 Å². The largest absolute Gasteiger partial charge is 0.335 e. The molecule has 0 aromatic rings. The van der Waals surface area contributed by atoms with Crippen LogP contribution in [0, 0.1) is 23.2 Å². The van der Waals surface area contributed by atoms with Crippen molar-refractivity contribution in [2.24, 2.45) is 23.2 Å². The lowest BCUT2D eigenvalue weighted by Crippen LogP contribution is -2.53. The van der Waals surface area contributed by atoms with Crippen LogP contribution in [-0.2, 0) is 10.0 Å². The minimum Gasteiger partial charge on any atom is -0.335 e. The summed E-state index contributed by atoms with van der Waals surface area (Å²) in [6.07, 6.45) is 4.12. The highest BCUT2D eigenvalue weighted by Gasteiger charge is 2.62. The number of carbonyl (C=O) groups is 1. The Balaban J connectivity index is 1.57. The summed E-state index contributed by atoms with van der Waals surface area (Å²) in [5, 5.41) is 2.57. The SMILES string of the molecule is CC(C)(F)CNC(=O)N1CC2(CC2)[C@H](NS(=O)(=O)CF)[C@@H]1CC1CC(F)CC(C2CCCCC2)C1F. The lowest BCUT2D eigenvalue weighted by molar-refractivity contribution is -0.00246. The van der Waals surface area contributed by atoms with Crippen LogP contribution in [0.1, 0.15) is 78.1 Å². The maximum Gasteiger partial charge on any atom is 0.317 e. The molecule has 3 saturated carbocycles. The average Bonchev–Trinajstić information content (AvgIpc) is 3.55. The van der Waals surface area contributed by atoms with Gasteiger partial charge in [-0.3, -0.25) is 0 Å². The first-order valence-corrected chi connectivity index (χ1v) is 15.1. The van der Waals surface area contributed by atoms with Gasteiger partial charge in [-0.05, 0) is 63.7 Å². The van der Waals surface area contributed by atoms with E-state index in [1.54, 1.807) is 0 Å². The van der Waals surface area contributed by atoms with Gasteiger partial charge in [-0.25, -0.2) is 35.5 Å². The molecule has 36 heavy (non-hydrogen) atoms. The number of sulfonamides is 1. The summed E-state index contributed by atoms with van der Waals surface area (Å²) in [4.78, 5) is 14.6. The number of nitrogens with zero attached hydrogens (tertiary/aromatic N) is 1. The normalized spacial score (nSPS) is 35.2. The number of amides is 2. The Kier molecular flexibility index (Phi) is 8.20. The van der Waals surface area contributed by atoms with Crippen molar-refractivity contribution in [2.45, 2.75) is 108 Å². The second kappa shape index (κ2) is 10.6. The van der Waals surface area contributed by atoms with E-state index < -0.39 is 63.5 Å². The maximum atomic E-state index is 16.0. The van der Waals surface area contributed by atoms with Crippen molar-refractivity contribution in [3.8, 4) is 0 Å². The van der Waals surface area contributed by atoms with E-state index in [-0.39, 0.29) is 44.2 Å². The number of rotatable bonds is 8. The Labute approximate surface area is 212 Å². The molecule has 3 aliphatic carbocycles. The fraction of sp³-hybridized carbons (Fsp3) is 0.960. The van der Waals surface area contributed by atoms with Crippen LogP contribution in [0.3, 0.4) is 0 Å². The predicted octanol–water partition coefficient (Wildman–Crippen LogP) is 4.80. The summed E-state index contributed by atoms with van der Waals surface area (Å²) in [6.45, 7) is 2.63. The molecular formula is C25H41F4N3O3S. The smallest absolute Gasteiger partial charge is 0.317 e. The van der Waals surface area contributed by atoms with E-state index in [2.05, 4.69) is 10.0 Å². The predicted molar refractivity (Wildman–Crippen MR) is 130 cm³/mol. The quantitative estimate of drug-likeness (QED) is 0.435. The fourth-order valence-electron chi connectivity index (χ4n) is 6.95. The average molecular weight is 540 g/mol. The first-order valence-electron chi connectivity index (χ1n) is 13.4. The number of carbonyl (C=O) groups excluding carboxylic acids is 1. The molecule has 4 fully saturated rings. The topological polar surface area (TPSA) is 78.5 Å². The molecule has 0 bridgehead atoms. The Morgan fingerprint density at radius 3 is 2.36 bits per heavy atom. The van der Waals surface area contributed by atoms with Crippen LogP contribution >= 0.6 is 0 Å². The van der Waals surface area contributed by atoms with Gasteiger partial charge in [0.25, 0.3) is 0 Å². The number of hydrogen-bond donors (Lipinski definition) is 2. The van der Waals surface area contributed by atoms with Gasteiger partial charge < -0.3 is 10.2 Å². The van der Waals surface area contributed by atoms with E-state index >= 15 is 4.39 Å². The number of hydrogen-bond acceptors (Lipinski definition) is 3. The van der Waals surface area contributed by atoms with Gasteiger partial charge in [0.2, 0.25) is 16.0 Å². The molecule has 4 rings (SSSR count). The Bertz CT molecular complexity index is 889. The minimum atomic E-state index is -4.25. The van der Waals surface area contributed by atoms with Crippen LogP contribution in [0.4, 0.5) is 22.4 Å². The first-order chi connectivity index (χ1) is 16.8. The highest BCUT2D eigenvalue weighted by atomic mass is 32.2. The van der Waals surface area contributed by atoms with Crippen molar-refractivity contribution in [1.82, 2.24) is 14.9 Å². The molecule has 1 saturated heterocycles. The van der Waals surface area contributed by atoms with Crippen molar-refractivity contribution < 1.29 is 30.8 Å². The third-order valence-electron chi connectivity index (χ3n) is 8.94. The third kappa shape index (κ3) is 6.30. The van der Waals surface area contributed by atoms with Crippen LogP contribution in [0.15, 0.2) is 0 Å². The van der Waals surface area contributed by atoms with E-state index in [4.69, 9.17) is 0 Å². The third-order valence-corrected chi connectivity index (χ3v) is 9.84. The van der Waals surface area contributed by atoms with Gasteiger partial charge in [-0.2, -0.15) is 0 Å². The molecule has 2 amide bonds. The number of halogens is 4. The van der Waals surface area contributed by atoms with Gasteiger partial charge in [0.1, 0.15) is 18.0 Å². The monoisotopic (exact) mass is 539 g/mol. The van der Waals surface area contributed by atoms with Crippen molar-refractivity contribution in [3.63, 3.8) is 0 Å². The highest BCUT2D eigenvalue weighted by molar-refractivity contribution is 7.89. The standard InChI is InChI=1S/C25H41F4N3O3S/c1-24(2,29)13-30-23(33)32-14-25(8-9-25)22(31-36(34,35)15-26)20(32)11-17-10-18(27)12-19(21(17)28)16-6-4-3-5-7-16/h16-22,31H,3-15H2,1-2H3,(H,30,33)/t17?,18?,19?,20-,21?,22+/m0/s1. The molecule has 4 aliphatic rings. The van der Waals surface area contributed by atoms with E-state index in [1.165, 1.54) is 18.7 Å². The molecule has 6 atom stereocenters. The van der Waals surface area contributed by atoms with Crippen LogP contribution in [0.5, 0.6) is 0 Å². The first kappa shape index (κ1) is 27.9. The molecule has 4 unspecified atom stereocenters. The zero-order valence-electron chi connectivity index (χ0n) is 21.3. The fourth-order valence-corrected chi connectivity index (χ4v) is 7.81. The molecule has 0 aromatic carbocycles. The second-order valence-corrected chi connectivity index (χ2v) is 14.0. The van der Waals surface area contributed by atoms with Crippen molar-refractivity contribution in [1.29, 1.82) is 0 Å². The lowest BCUT2D eigenvalue weighted by atomic mass is 9.67. The van der Waals surface area contributed by atoms with Gasteiger partial charge in [0.15, 0.2) is 0 Å². The van der Waals surface area contributed by atoms with E-state index in [1.807, 2.05) is 0 Å². The van der Waals surface area contributed by atoms with Crippen LogP contribution in [0.2, 0.25) is 0 Å².